The number of hydrogen-bond donors (Lipinski definition) is 1. The lowest BCUT2D eigenvalue weighted by molar-refractivity contribution is 0.550. The number of nitrogens with one attached hydrogen (secondary N) is 1. The van der Waals surface area contributed by atoms with E-state index in [0.717, 1.165) is 28.0 Å². The molecule has 1 aromatic heterocycles. The molecule has 150 valence electrons. The minimum Gasteiger partial charge on any atom is -0.296 e. The molecule has 0 bridgehead atoms. The highest BCUT2D eigenvalue weighted by Crippen LogP contribution is 2.26. The Morgan fingerprint density at radius 3 is 2.39 bits per heavy atom. The van der Waals surface area contributed by atoms with E-state index in [2.05, 4.69) is 4.72 Å². The van der Waals surface area contributed by atoms with Gasteiger partial charge in [-0.1, -0.05) is 36.5 Å². The monoisotopic (exact) mass is 418 g/mol. The lowest BCUT2D eigenvalue weighted by atomic mass is 10.0. The van der Waals surface area contributed by atoms with E-state index in [0.29, 0.717) is 11.1 Å². The molecule has 0 fully saturated rings. The number of rotatable bonds is 6. The first-order chi connectivity index (χ1) is 13.1. The third kappa shape index (κ3) is 3.92. The highest BCUT2D eigenvalue weighted by Gasteiger charge is 2.22. The van der Waals surface area contributed by atoms with E-state index in [1.807, 2.05) is 52.8 Å². The van der Waals surface area contributed by atoms with Gasteiger partial charge >= 0.3 is 4.87 Å². The largest absolute Gasteiger partial charge is 0.308 e. The number of nitrogens with zero attached hydrogens (tertiary/aromatic N) is 1. The molecule has 1 atom stereocenters. The van der Waals surface area contributed by atoms with Crippen molar-refractivity contribution in [1.82, 2.24) is 9.29 Å². The molecule has 1 N–H and O–H groups in total. The Bertz CT molecular complexity index is 1170. The Kier molecular flexibility index (Phi) is 5.79. The number of aryl methyl sites for hydroxylation is 2. The first kappa shape index (κ1) is 20.8. The quantitative estimate of drug-likeness (QED) is 0.631. The second-order valence-electron chi connectivity index (χ2n) is 7.39. The molecule has 0 saturated heterocycles. The Balaban J connectivity index is 1.97. The van der Waals surface area contributed by atoms with Gasteiger partial charge in [-0.25, -0.2) is 13.1 Å². The second-order valence-corrected chi connectivity index (χ2v) is 10.1. The summed E-state index contributed by atoms with van der Waals surface area (Å²) in [5.74, 6) is 0. The molecule has 3 rings (SSSR count). The first-order valence-electron chi connectivity index (χ1n) is 9.38. The summed E-state index contributed by atoms with van der Waals surface area (Å²) in [6, 6.07) is 10.6. The van der Waals surface area contributed by atoms with Gasteiger partial charge in [-0.05, 0) is 69.0 Å². The van der Waals surface area contributed by atoms with E-state index in [4.69, 9.17) is 0 Å². The smallest absolute Gasteiger partial charge is 0.296 e. The Labute approximate surface area is 170 Å². The van der Waals surface area contributed by atoms with Crippen molar-refractivity contribution in [3.8, 4) is 0 Å². The highest BCUT2D eigenvalue weighted by atomic mass is 32.2. The van der Waals surface area contributed by atoms with Crippen LogP contribution in [0.5, 0.6) is 0 Å². The molecule has 0 aliphatic carbocycles. The maximum Gasteiger partial charge on any atom is 0.308 e. The van der Waals surface area contributed by atoms with E-state index in [9.17, 15) is 13.2 Å². The Hall–Kier alpha value is -1.96. The summed E-state index contributed by atoms with van der Waals surface area (Å²) in [6.45, 7) is 9.90. The number of fused-ring (bicyclic) bond motifs is 1. The van der Waals surface area contributed by atoms with E-state index in [1.54, 1.807) is 22.8 Å². The summed E-state index contributed by atoms with van der Waals surface area (Å²) in [4.78, 5) is 12.3. The van der Waals surface area contributed by atoms with Gasteiger partial charge in [-0.15, -0.1) is 0 Å². The molecule has 2 aromatic carbocycles. The molecule has 1 heterocycles. The number of hydrogen-bond acceptors (Lipinski definition) is 4. The zero-order chi connectivity index (χ0) is 20.6. The summed E-state index contributed by atoms with van der Waals surface area (Å²) in [5.41, 5.74) is 4.03. The lowest BCUT2D eigenvalue weighted by Crippen LogP contribution is -2.28. The van der Waals surface area contributed by atoms with Crippen LogP contribution in [-0.4, -0.2) is 13.0 Å². The molecule has 0 radical (unpaired) electrons. The van der Waals surface area contributed by atoms with Crippen molar-refractivity contribution in [3.05, 3.63) is 62.8 Å². The van der Waals surface area contributed by atoms with Crippen LogP contribution in [0.2, 0.25) is 0 Å². The molecule has 0 amide bonds. The fraction of sp³-hybridized carbons (Fsp3) is 0.381. The fourth-order valence-electron chi connectivity index (χ4n) is 3.30. The van der Waals surface area contributed by atoms with Gasteiger partial charge in [0.15, 0.2) is 0 Å². The average molecular weight is 419 g/mol. The highest BCUT2D eigenvalue weighted by molar-refractivity contribution is 7.89. The summed E-state index contributed by atoms with van der Waals surface area (Å²) in [7, 11) is -3.71. The van der Waals surface area contributed by atoms with Crippen molar-refractivity contribution in [2.75, 3.05) is 0 Å². The van der Waals surface area contributed by atoms with Gasteiger partial charge in [0.25, 0.3) is 0 Å². The predicted molar refractivity (Wildman–Crippen MR) is 116 cm³/mol. The molecule has 0 spiro atoms. The standard InChI is InChI=1S/C21H26N2O3S2/c1-6-18(16-8-7-14(4)15(5)11-16)22-28(25,26)17-9-10-19-20(12-17)27-21(24)23(19)13(2)3/h7-13,18,22H,6H2,1-5H3/t18-/m0/s1. The molecule has 28 heavy (non-hydrogen) atoms. The molecule has 0 aliphatic heterocycles. The van der Waals surface area contributed by atoms with Crippen molar-refractivity contribution in [2.24, 2.45) is 0 Å². The van der Waals surface area contributed by atoms with Crippen molar-refractivity contribution < 1.29 is 8.42 Å². The summed E-state index contributed by atoms with van der Waals surface area (Å²) in [6.07, 6.45) is 0.640. The predicted octanol–water partition coefficient (Wildman–Crippen LogP) is 4.69. The Morgan fingerprint density at radius 1 is 1.07 bits per heavy atom. The van der Waals surface area contributed by atoms with E-state index < -0.39 is 10.0 Å². The first-order valence-corrected chi connectivity index (χ1v) is 11.7. The number of thiazole rings is 1. The van der Waals surface area contributed by atoms with Crippen LogP contribution < -0.4 is 9.60 Å². The zero-order valence-corrected chi connectivity index (χ0v) is 18.4. The van der Waals surface area contributed by atoms with Gasteiger partial charge in [0.1, 0.15) is 0 Å². The topological polar surface area (TPSA) is 68.2 Å². The summed E-state index contributed by atoms with van der Waals surface area (Å²) >= 11 is 1.08. The maximum absolute atomic E-state index is 13.0. The van der Waals surface area contributed by atoms with E-state index in [-0.39, 0.29) is 21.9 Å². The minimum absolute atomic E-state index is 0.0241. The van der Waals surface area contributed by atoms with Gasteiger partial charge < -0.3 is 0 Å². The van der Waals surface area contributed by atoms with Crippen molar-refractivity contribution in [3.63, 3.8) is 0 Å². The third-order valence-electron chi connectivity index (χ3n) is 5.05. The van der Waals surface area contributed by atoms with Gasteiger partial charge in [0, 0.05) is 12.1 Å². The van der Waals surface area contributed by atoms with Crippen LogP contribution in [0.15, 0.2) is 46.1 Å². The molecule has 5 nitrogen and oxygen atoms in total. The molecule has 0 unspecified atom stereocenters. The van der Waals surface area contributed by atoms with Crippen molar-refractivity contribution >= 4 is 31.6 Å². The van der Waals surface area contributed by atoms with Crippen LogP contribution in [0.1, 0.15) is 56.0 Å². The molecule has 3 aromatic rings. The average Bonchev–Trinajstić information content (AvgIpc) is 2.97. The Morgan fingerprint density at radius 2 is 1.79 bits per heavy atom. The van der Waals surface area contributed by atoms with Crippen LogP contribution in [0.4, 0.5) is 0 Å². The summed E-state index contributed by atoms with van der Waals surface area (Å²) < 4.78 is 31.2. The van der Waals surface area contributed by atoms with Crippen LogP contribution in [0.3, 0.4) is 0 Å². The van der Waals surface area contributed by atoms with Gasteiger partial charge in [0.05, 0.1) is 15.1 Å². The van der Waals surface area contributed by atoms with Crippen molar-refractivity contribution in [1.29, 1.82) is 0 Å². The van der Waals surface area contributed by atoms with E-state index in [1.165, 1.54) is 5.56 Å². The number of sulfonamides is 1. The fourth-order valence-corrected chi connectivity index (χ4v) is 5.76. The zero-order valence-electron chi connectivity index (χ0n) is 16.8. The van der Waals surface area contributed by atoms with Crippen molar-refractivity contribution in [2.45, 2.75) is 58.0 Å². The molecule has 7 heteroatoms. The second kappa shape index (κ2) is 7.81. The molecular formula is C21H26N2O3S2. The molecule has 0 aliphatic rings. The van der Waals surface area contributed by atoms with Gasteiger partial charge in [0.2, 0.25) is 10.0 Å². The third-order valence-corrected chi connectivity index (χ3v) is 7.44. The molecular weight excluding hydrogens is 392 g/mol. The lowest BCUT2D eigenvalue weighted by Gasteiger charge is -2.19. The van der Waals surface area contributed by atoms with Gasteiger partial charge in [-0.2, -0.15) is 0 Å². The van der Waals surface area contributed by atoms with Gasteiger partial charge in [-0.3, -0.25) is 9.36 Å². The van der Waals surface area contributed by atoms with Crippen LogP contribution in [0.25, 0.3) is 10.2 Å². The van der Waals surface area contributed by atoms with Crippen LogP contribution in [0, 0.1) is 13.8 Å². The van der Waals surface area contributed by atoms with E-state index >= 15 is 0 Å². The molecule has 0 saturated carbocycles. The maximum atomic E-state index is 13.0. The SMILES string of the molecule is CC[C@H](NS(=O)(=O)c1ccc2c(c1)sc(=O)n2C(C)C)c1ccc(C)c(C)c1. The van der Waals surface area contributed by atoms with Crippen LogP contribution in [-0.2, 0) is 10.0 Å². The number of aromatic nitrogens is 1. The van der Waals surface area contributed by atoms with Crippen LogP contribution >= 0.6 is 11.3 Å². The summed E-state index contributed by atoms with van der Waals surface area (Å²) in [5, 5.41) is 0. The normalized spacial score (nSPS) is 13.4. The number of benzene rings is 2. The minimum atomic E-state index is -3.71.